The van der Waals surface area contributed by atoms with Gasteiger partial charge in [0, 0.05) is 5.02 Å². The summed E-state index contributed by atoms with van der Waals surface area (Å²) < 4.78 is 4.73. The molecule has 0 bridgehead atoms. The van der Waals surface area contributed by atoms with Crippen molar-refractivity contribution in [3.8, 4) is 5.75 Å². The second kappa shape index (κ2) is 4.65. The highest BCUT2D eigenvalue weighted by molar-refractivity contribution is 6.30. The highest BCUT2D eigenvalue weighted by atomic mass is 35.5. The van der Waals surface area contributed by atoms with E-state index in [-0.39, 0.29) is 5.75 Å². The lowest BCUT2D eigenvalue weighted by molar-refractivity contribution is -0.159. The number of halogens is 1. The van der Waals surface area contributed by atoms with Crippen molar-refractivity contribution < 1.29 is 24.5 Å². The van der Waals surface area contributed by atoms with Gasteiger partial charge in [0.25, 0.3) is 6.10 Å². The molecular weight excluding hydrogens is 224 g/mol. The molecule has 1 aromatic rings. The summed E-state index contributed by atoms with van der Waals surface area (Å²) in [4.78, 5) is 21.0. The minimum absolute atomic E-state index is 0.134. The quantitative estimate of drug-likeness (QED) is 0.761. The fourth-order valence-corrected chi connectivity index (χ4v) is 0.982. The van der Waals surface area contributed by atoms with Crippen LogP contribution >= 0.6 is 11.6 Å². The van der Waals surface area contributed by atoms with Gasteiger partial charge in [0.2, 0.25) is 0 Å². The summed E-state index contributed by atoms with van der Waals surface area (Å²) in [5, 5.41) is 17.5. The SMILES string of the molecule is O=C(O)C(Oc1ccc(Cl)cc1)C(=O)O. The lowest BCUT2D eigenvalue weighted by Gasteiger charge is -2.10. The first kappa shape index (κ1) is 11.3. The molecular formula is C9H7ClO5. The fourth-order valence-electron chi connectivity index (χ4n) is 0.856. The number of benzene rings is 1. The van der Waals surface area contributed by atoms with Crippen LogP contribution in [-0.2, 0) is 9.59 Å². The number of carbonyl (C=O) groups is 2. The van der Waals surface area contributed by atoms with E-state index in [1.54, 1.807) is 0 Å². The van der Waals surface area contributed by atoms with Crippen molar-refractivity contribution in [3.63, 3.8) is 0 Å². The molecule has 0 fully saturated rings. The van der Waals surface area contributed by atoms with E-state index in [1.165, 1.54) is 24.3 Å². The van der Waals surface area contributed by atoms with E-state index in [2.05, 4.69) is 0 Å². The third kappa shape index (κ3) is 3.14. The van der Waals surface area contributed by atoms with Crippen LogP contribution in [0.15, 0.2) is 24.3 Å². The summed E-state index contributed by atoms with van der Waals surface area (Å²) in [5.41, 5.74) is 0. The lowest BCUT2D eigenvalue weighted by Crippen LogP contribution is -2.35. The van der Waals surface area contributed by atoms with E-state index in [9.17, 15) is 9.59 Å². The van der Waals surface area contributed by atoms with Gasteiger partial charge in [-0.1, -0.05) is 11.6 Å². The Morgan fingerprint density at radius 1 is 1.13 bits per heavy atom. The Balaban J connectivity index is 2.79. The Kier molecular flexibility index (Phi) is 3.51. The standard InChI is InChI=1S/C9H7ClO5/c10-5-1-3-6(4-2-5)15-7(8(11)12)9(13)14/h1-4,7H,(H,11,12)(H,13,14). The smallest absolute Gasteiger partial charge is 0.356 e. The monoisotopic (exact) mass is 230 g/mol. The van der Waals surface area contributed by atoms with E-state index in [4.69, 9.17) is 26.6 Å². The summed E-state index contributed by atoms with van der Waals surface area (Å²) in [6, 6.07) is 5.72. The van der Waals surface area contributed by atoms with Gasteiger partial charge in [-0.3, -0.25) is 0 Å². The molecule has 0 aliphatic rings. The maximum absolute atomic E-state index is 10.5. The molecule has 0 aromatic heterocycles. The predicted octanol–water partition coefficient (Wildman–Crippen LogP) is 1.26. The number of ether oxygens (including phenoxy) is 1. The van der Waals surface area contributed by atoms with Gasteiger partial charge < -0.3 is 14.9 Å². The Morgan fingerprint density at radius 3 is 2.00 bits per heavy atom. The molecule has 0 radical (unpaired) electrons. The molecule has 2 N–H and O–H groups in total. The molecule has 0 atom stereocenters. The molecule has 0 spiro atoms. The number of carboxylic acids is 2. The maximum atomic E-state index is 10.5. The summed E-state index contributed by atoms with van der Waals surface area (Å²) in [6.07, 6.45) is -1.91. The Morgan fingerprint density at radius 2 is 1.60 bits per heavy atom. The molecule has 0 heterocycles. The Bertz CT molecular complexity index is 359. The molecule has 0 unspecified atom stereocenters. The normalized spacial score (nSPS) is 10.0. The minimum atomic E-state index is -1.91. The lowest BCUT2D eigenvalue weighted by atomic mass is 10.3. The first-order valence-electron chi connectivity index (χ1n) is 3.88. The fraction of sp³-hybridized carbons (Fsp3) is 0.111. The molecule has 6 heteroatoms. The number of rotatable bonds is 4. The van der Waals surface area contributed by atoms with Gasteiger partial charge >= 0.3 is 11.9 Å². The van der Waals surface area contributed by atoms with E-state index in [1.807, 2.05) is 0 Å². The van der Waals surface area contributed by atoms with Gasteiger partial charge in [-0.05, 0) is 24.3 Å². The third-order valence-corrected chi connectivity index (χ3v) is 1.77. The second-order valence-corrected chi connectivity index (χ2v) is 3.06. The molecule has 0 aliphatic heterocycles. The van der Waals surface area contributed by atoms with Gasteiger partial charge in [-0.25, -0.2) is 9.59 Å². The zero-order valence-corrected chi connectivity index (χ0v) is 8.14. The van der Waals surface area contributed by atoms with Crippen molar-refractivity contribution in [1.82, 2.24) is 0 Å². The summed E-state index contributed by atoms with van der Waals surface area (Å²) >= 11 is 5.59. The van der Waals surface area contributed by atoms with E-state index in [0.29, 0.717) is 5.02 Å². The number of hydrogen-bond donors (Lipinski definition) is 2. The third-order valence-electron chi connectivity index (χ3n) is 1.52. The van der Waals surface area contributed by atoms with Crippen molar-refractivity contribution in [2.75, 3.05) is 0 Å². The molecule has 5 nitrogen and oxygen atoms in total. The van der Waals surface area contributed by atoms with Crippen LogP contribution in [0.2, 0.25) is 5.02 Å². The summed E-state index contributed by atoms with van der Waals surface area (Å²) in [5.74, 6) is -2.98. The van der Waals surface area contributed by atoms with E-state index < -0.39 is 18.0 Å². The first-order chi connectivity index (χ1) is 7.00. The van der Waals surface area contributed by atoms with Gasteiger partial charge in [0.1, 0.15) is 5.75 Å². The maximum Gasteiger partial charge on any atom is 0.356 e. The van der Waals surface area contributed by atoms with Crippen LogP contribution in [-0.4, -0.2) is 28.3 Å². The van der Waals surface area contributed by atoms with Crippen molar-refractivity contribution in [1.29, 1.82) is 0 Å². The topological polar surface area (TPSA) is 83.8 Å². The van der Waals surface area contributed by atoms with Gasteiger partial charge in [-0.15, -0.1) is 0 Å². The van der Waals surface area contributed by atoms with Crippen LogP contribution in [0, 0.1) is 0 Å². The van der Waals surface area contributed by atoms with Crippen molar-refractivity contribution >= 4 is 23.5 Å². The molecule has 0 aliphatic carbocycles. The Labute approximate surface area is 89.9 Å². The Hall–Kier alpha value is -1.75. The molecule has 80 valence electrons. The molecule has 0 saturated carbocycles. The zero-order valence-electron chi connectivity index (χ0n) is 7.38. The molecule has 0 saturated heterocycles. The number of carboxylic acid groups (broad SMARTS) is 2. The van der Waals surface area contributed by atoms with Gasteiger partial charge in [0.15, 0.2) is 0 Å². The average Bonchev–Trinajstić information content (AvgIpc) is 2.15. The average molecular weight is 231 g/mol. The van der Waals surface area contributed by atoms with Crippen LogP contribution in [0.25, 0.3) is 0 Å². The van der Waals surface area contributed by atoms with Crippen molar-refractivity contribution in [2.24, 2.45) is 0 Å². The first-order valence-corrected chi connectivity index (χ1v) is 4.26. The van der Waals surface area contributed by atoms with Crippen molar-refractivity contribution in [3.05, 3.63) is 29.3 Å². The highest BCUT2D eigenvalue weighted by Gasteiger charge is 2.27. The van der Waals surface area contributed by atoms with Gasteiger partial charge in [-0.2, -0.15) is 0 Å². The van der Waals surface area contributed by atoms with Crippen LogP contribution in [0.1, 0.15) is 0 Å². The molecule has 1 rings (SSSR count). The summed E-state index contributed by atoms with van der Waals surface area (Å²) in [7, 11) is 0. The van der Waals surface area contributed by atoms with Crippen LogP contribution in [0.5, 0.6) is 5.75 Å². The van der Waals surface area contributed by atoms with Crippen molar-refractivity contribution in [2.45, 2.75) is 6.10 Å². The molecule has 0 amide bonds. The van der Waals surface area contributed by atoms with Crippen LogP contribution < -0.4 is 4.74 Å². The second-order valence-electron chi connectivity index (χ2n) is 2.63. The zero-order chi connectivity index (χ0) is 11.4. The minimum Gasteiger partial charge on any atom is -0.478 e. The summed E-state index contributed by atoms with van der Waals surface area (Å²) in [6.45, 7) is 0. The van der Waals surface area contributed by atoms with Gasteiger partial charge in [0.05, 0.1) is 0 Å². The largest absolute Gasteiger partial charge is 0.478 e. The predicted molar refractivity (Wildman–Crippen MR) is 51.1 cm³/mol. The molecule has 1 aromatic carbocycles. The highest BCUT2D eigenvalue weighted by Crippen LogP contribution is 2.16. The van der Waals surface area contributed by atoms with Crippen LogP contribution in [0.3, 0.4) is 0 Å². The molecule has 15 heavy (non-hydrogen) atoms. The van der Waals surface area contributed by atoms with E-state index >= 15 is 0 Å². The van der Waals surface area contributed by atoms with E-state index in [0.717, 1.165) is 0 Å². The number of hydrogen-bond acceptors (Lipinski definition) is 3. The van der Waals surface area contributed by atoms with Crippen LogP contribution in [0.4, 0.5) is 0 Å². The number of aliphatic carboxylic acids is 2.